The third-order valence-electron chi connectivity index (χ3n) is 4.71. The van der Waals surface area contributed by atoms with E-state index < -0.39 is 0 Å². The zero-order chi connectivity index (χ0) is 21.5. The topological polar surface area (TPSA) is 91.0 Å². The number of morpholine rings is 1. The van der Waals surface area contributed by atoms with Crippen molar-refractivity contribution in [3.63, 3.8) is 0 Å². The number of carbonyl (C=O) groups is 3. The summed E-state index contributed by atoms with van der Waals surface area (Å²) in [5.74, 6) is -0.320. The van der Waals surface area contributed by atoms with Crippen molar-refractivity contribution in [2.24, 2.45) is 0 Å². The molecule has 0 unspecified atom stereocenters. The van der Waals surface area contributed by atoms with E-state index in [9.17, 15) is 14.4 Å². The van der Waals surface area contributed by atoms with E-state index in [-0.39, 0.29) is 24.3 Å². The van der Waals surface area contributed by atoms with Crippen LogP contribution < -0.4 is 10.6 Å². The van der Waals surface area contributed by atoms with E-state index in [0.717, 1.165) is 5.69 Å². The summed E-state index contributed by atoms with van der Waals surface area (Å²) in [5, 5.41) is 5.82. The molecule has 0 aromatic heterocycles. The van der Waals surface area contributed by atoms with Crippen molar-refractivity contribution in [2.45, 2.75) is 0 Å². The minimum atomic E-state index is -0.213. The maximum atomic E-state index is 12.4. The number of nitrogens with zero attached hydrogens (tertiary/aromatic N) is 2. The molecule has 1 aliphatic heterocycles. The third kappa shape index (κ3) is 5.57. The van der Waals surface area contributed by atoms with E-state index in [2.05, 4.69) is 10.6 Å². The number of anilines is 2. The van der Waals surface area contributed by atoms with Crippen LogP contribution >= 0.6 is 0 Å². The maximum Gasteiger partial charge on any atom is 0.254 e. The number of hydrogen-bond acceptors (Lipinski definition) is 5. The highest BCUT2D eigenvalue weighted by Gasteiger charge is 2.18. The molecule has 0 atom stereocenters. The summed E-state index contributed by atoms with van der Waals surface area (Å²) in [7, 11) is 3.38. The Kier molecular flexibility index (Phi) is 7.03. The number of ether oxygens (including phenoxy) is 1. The van der Waals surface area contributed by atoms with Crippen LogP contribution in [-0.2, 0) is 9.53 Å². The Morgan fingerprint density at radius 1 is 0.900 bits per heavy atom. The van der Waals surface area contributed by atoms with Crippen LogP contribution in [0.4, 0.5) is 11.4 Å². The molecule has 0 radical (unpaired) electrons. The first-order chi connectivity index (χ1) is 14.4. The number of hydrogen-bond donors (Lipinski definition) is 2. The molecule has 3 amide bonds. The number of amides is 3. The Labute approximate surface area is 175 Å². The highest BCUT2D eigenvalue weighted by atomic mass is 16.5. The second-order valence-corrected chi connectivity index (χ2v) is 7.16. The van der Waals surface area contributed by atoms with Crippen molar-refractivity contribution in [1.82, 2.24) is 9.80 Å². The molecule has 0 saturated carbocycles. The lowest BCUT2D eigenvalue weighted by atomic mass is 10.1. The molecule has 1 heterocycles. The summed E-state index contributed by atoms with van der Waals surface area (Å²) in [6, 6.07) is 13.8. The van der Waals surface area contributed by atoms with E-state index >= 15 is 0 Å². The monoisotopic (exact) mass is 410 g/mol. The fourth-order valence-corrected chi connectivity index (χ4v) is 3.02. The average molecular weight is 410 g/mol. The van der Waals surface area contributed by atoms with Crippen LogP contribution in [0.25, 0.3) is 0 Å². The lowest BCUT2D eigenvalue weighted by Gasteiger charge is -2.26. The molecule has 3 rings (SSSR count). The highest BCUT2D eigenvalue weighted by Crippen LogP contribution is 2.14. The van der Waals surface area contributed by atoms with Gasteiger partial charge in [0.1, 0.15) is 0 Å². The van der Waals surface area contributed by atoms with Crippen LogP contribution in [0.1, 0.15) is 20.7 Å². The smallest absolute Gasteiger partial charge is 0.254 e. The van der Waals surface area contributed by atoms with Crippen molar-refractivity contribution in [1.29, 1.82) is 0 Å². The zero-order valence-electron chi connectivity index (χ0n) is 17.2. The van der Waals surface area contributed by atoms with Crippen molar-refractivity contribution < 1.29 is 19.1 Å². The van der Waals surface area contributed by atoms with Gasteiger partial charge in [-0.2, -0.15) is 0 Å². The Balaban J connectivity index is 1.48. The number of carbonyl (C=O) groups excluding carboxylic acids is 3. The van der Waals surface area contributed by atoms with Crippen LogP contribution in [0.2, 0.25) is 0 Å². The minimum absolute atomic E-state index is 0.0150. The minimum Gasteiger partial charge on any atom is -0.378 e. The predicted octanol–water partition coefficient (Wildman–Crippen LogP) is 1.91. The van der Waals surface area contributed by atoms with Gasteiger partial charge in [0.25, 0.3) is 11.8 Å². The van der Waals surface area contributed by atoms with E-state index in [4.69, 9.17) is 4.74 Å². The Morgan fingerprint density at radius 2 is 1.47 bits per heavy atom. The molecular weight excluding hydrogens is 384 g/mol. The maximum absolute atomic E-state index is 12.4. The summed E-state index contributed by atoms with van der Waals surface area (Å²) in [6.45, 7) is 2.41. The fourth-order valence-electron chi connectivity index (χ4n) is 3.02. The molecule has 1 fully saturated rings. The van der Waals surface area contributed by atoms with Gasteiger partial charge in [-0.05, 0) is 48.5 Å². The molecular formula is C22H26N4O4. The van der Waals surface area contributed by atoms with Gasteiger partial charge in [-0.15, -0.1) is 0 Å². The Hall–Kier alpha value is -3.39. The van der Waals surface area contributed by atoms with Crippen molar-refractivity contribution in [2.75, 3.05) is 57.6 Å². The lowest BCUT2D eigenvalue weighted by molar-refractivity contribution is -0.114. The van der Waals surface area contributed by atoms with Crippen molar-refractivity contribution in [3.8, 4) is 0 Å². The third-order valence-corrected chi connectivity index (χ3v) is 4.71. The van der Waals surface area contributed by atoms with Crippen LogP contribution in [0.15, 0.2) is 48.5 Å². The molecule has 1 saturated heterocycles. The zero-order valence-corrected chi connectivity index (χ0v) is 17.2. The second kappa shape index (κ2) is 9.89. The molecule has 30 heavy (non-hydrogen) atoms. The summed E-state index contributed by atoms with van der Waals surface area (Å²) < 4.78 is 5.27. The SMILES string of the molecule is CN(C)C(=O)c1ccc(NC(=O)CNc2ccc(C(=O)N3CCOCC3)cc2)cc1. The van der Waals surface area contributed by atoms with Crippen LogP contribution in [0.3, 0.4) is 0 Å². The molecule has 0 bridgehead atoms. The average Bonchev–Trinajstić information content (AvgIpc) is 2.78. The molecule has 0 aliphatic carbocycles. The van der Waals surface area contributed by atoms with Crippen LogP contribution in [0, 0.1) is 0 Å². The summed E-state index contributed by atoms with van der Waals surface area (Å²) in [5.41, 5.74) is 2.53. The van der Waals surface area contributed by atoms with Gasteiger partial charge in [-0.3, -0.25) is 14.4 Å². The first-order valence-electron chi connectivity index (χ1n) is 9.76. The van der Waals surface area contributed by atoms with Crippen molar-refractivity contribution >= 4 is 29.1 Å². The van der Waals surface area contributed by atoms with Gasteiger partial charge in [0.05, 0.1) is 19.8 Å². The molecule has 2 aromatic rings. The van der Waals surface area contributed by atoms with Crippen LogP contribution in [0.5, 0.6) is 0 Å². The van der Waals surface area contributed by atoms with Gasteiger partial charge < -0.3 is 25.2 Å². The summed E-state index contributed by atoms with van der Waals surface area (Å²) in [4.78, 5) is 39.8. The molecule has 2 N–H and O–H groups in total. The molecule has 8 heteroatoms. The normalized spacial score (nSPS) is 13.5. The van der Waals surface area contributed by atoms with E-state index in [1.165, 1.54) is 4.90 Å². The Morgan fingerprint density at radius 3 is 2.07 bits per heavy atom. The van der Waals surface area contributed by atoms with Gasteiger partial charge in [0, 0.05) is 49.7 Å². The fraction of sp³-hybridized carbons (Fsp3) is 0.318. The van der Waals surface area contributed by atoms with Crippen molar-refractivity contribution in [3.05, 3.63) is 59.7 Å². The van der Waals surface area contributed by atoms with E-state index in [1.807, 2.05) is 0 Å². The number of rotatable bonds is 6. The molecule has 8 nitrogen and oxygen atoms in total. The van der Waals surface area contributed by atoms with Crippen LogP contribution in [-0.4, -0.2) is 74.5 Å². The number of benzene rings is 2. The first-order valence-corrected chi connectivity index (χ1v) is 9.76. The van der Waals surface area contributed by atoms with Gasteiger partial charge in [-0.1, -0.05) is 0 Å². The first kappa shape index (κ1) is 21.3. The number of nitrogens with one attached hydrogen (secondary N) is 2. The summed E-state index contributed by atoms with van der Waals surface area (Å²) in [6.07, 6.45) is 0. The van der Waals surface area contributed by atoms with Gasteiger partial charge in [0.2, 0.25) is 5.91 Å². The largest absolute Gasteiger partial charge is 0.378 e. The molecule has 0 spiro atoms. The van der Waals surface area contributed by atoms with Gasteiger partial charge >= 0.3 is 0 Å². The van der Waals surface area contributed by atoms with Gasteiger partial charge in [-0.25, -0.2) is 0 Å². The highest BCUT2D eigenvalue weighted by molar-refractivity contribution is 5.97. The van der Waals surface area contributed by atoms with Gasteiger partial charge in [0.15, 0.2) is 0 Å². The molecule has 2 aromatic carbocycles. The molecule has 1 aliphatic rings. The Bertz CT molecular complexity index is 888. The lowest BCUT2D eigenvalue weighted by Crippen LogP contribution is -2.40. The van der Waals surface area contributed by atoms with E-state index in [0.29, 0.717) is 43.1 Å². The quantitative estimate of drug-likeness (QED) is 0.759. The molecule has 158 valence electrons. The predicted molar refractivity (Wildman–Crippen MR) is 115 cm³/mol. The second-order valence-electron chi connectivity index (χ2n) is 7.16. The standard InChI is InChI=1S/C22H26N4O4/c1-25(2)21(28)16-5-9-19(10-6-16)24-20(27)15-23-18-7-3-17(4-8-18)22(29)26-11-13-30-14-12-26/h3-10,23H,11-15H2,1-2H3,(H,24,27). The summed E-state index contributed by atoms with van der Waals surface area (Å²) >= 11 is 0. The van der Waals surface area contributed by atoms with E-state index in [1.54, 1.807) is 67.5 Å².